The van der Waals surface area contributed by atoms with Crippen LogP contribution in [-0.2, 0) is 6.54 Å². The third kappa shape index (κ3) is 4.43. The lowest BCUT2D eigenvalue weighted by molar-refractivity contribution is -0.576. The molecule has 33 heavy (non-hydrogen) atoms. The van der Waals surface area contributed by atoms with E-state index < -0.39 is 0 Å². The van der Waals surface area contributed by atoms with E-state index in [1.54, 1.807) is 0 Å². The summed E-state index contributed by atoms with van der Waals surface area (Å²) in [7, 11) is 0. The van der Waals surface area contributed by atoms with Crippen LogP contribution in [0.15, 0.2) is 43.2 Å². The van der Waals surface area contributed by atoms with Crippen molar-refractivity contribution in [2.24, 2.45) is 5.92 Å². The fourth-order valence-electron chi connectivity index (χ4n) is 4.70. The van der Waals surface area contributed by atoms with Gasteiger partial charge in [-0.2, -0.15) is 15.3 Å². The average molecular weight is 450 g/mol. The topological polar surface area (TPSA) is 101 Å². The Labute approximate surface area is 193 Å². The van der Waals surface area contributed by atoms with Crippen molar-refractivity contribution < 1.29 is 9.62 Å². The lowest BCUT2D eigenvalue weighted by atomic mass is 9.81. The van der Waals surface area contributed by atoms with Gasteiger partial charge in [-0.05, 0) is 31.6 Å². The summed E-state index contributed by atoms with van der Waals surface area (Å²) in [6, 6.07) is 2.96. The van der Waals surface area contributed by atoms with Crippen molar-refractivity contribution in [3.8, 4) is 22.5 Å². The number of aliphatic hydroxyl groups is 1. The van der Waals surface area contributed by atoms with Crippen molar-refractivity contribution in [3.05, 3.63) is 43.2 Å². The standard InChI is InChI=1S/C24H32N8O/c1-3-21(4-2)31-14-19(12-28-31)24-23-5-6-26-32(23)15-22(29-24)18-11-27-30(13-18)8-7-25-20-9-17(10-20)16-33/h5-6,11-15,17,20-21,25,33H,3-4,7-10,16H2,1-2H3/p+1. The molecule has 0 atom stereocenters. The van der Waals surface area contributed by atoms with E-state index in [0.29, 0.717) is 24.6 Å². The molecular formula is C24H33N8O+. The van der Waals surface area contributed by atoms with Gasteiger partial charge >= 0.3 is 0 Å². The molecule has 4 aromatic heterocycles. The van der Waals surface area contributed by atoms with Gasteiger partial charge in [0.15, 0.2) is 0 Å². The minimum Gasteiger partial charge on any atom is -0.396 e. The van der Waals surface area contributed by atoms with Crippen LogP contribution >= 0.6 is 0 Å². The Balaban J connectivity index is 1.34. The number of aromatic amines is 1. The second-order valence-electron chi connectivity index (χ2n) is 9.03. The lowest BCUT2D eigenvalue weighted by Crippen LogP contribution is -2.43. The molecule has 1 aliphatic rings. The maximum atomic E-state index is 9.15. The van der Waals surface area contributed by atoms with Crippen LogP contribution in [-0.4, -0.2) is 53.9 Å². The SMILES string of the molecule is CCC(CC)n1cc(-c2nc(-c3cnn(CCNC4CC(CO)C4)c3)c[n+]3[nH]ccc23)cn1. The van der Waals surface area contributed by atoms with Gasteiger partial charge < -0.3 is 10.4 Å². The Kier molecular flexibility index (Phi) is 6.24. The summed E-state index contributed by atoms with van der Waals surface area (Å²) in [5.74, 6) is 0.474. The Morgan fingerprint density at radius 3 is 2.79 bits per heavy atom. The van der Waals surface area contributed by atoms with Crippen LogP contribution in [0, 0.1) is 5.92 Å². The number of hydrogen-bond donors (Lipinski definition) is 3. The lowest BCUT2D eigenvalue weighted by Gasteiger charge is -2.34. The van der Waals surface area contributed by atoms with Crippen molar-refractivity contribution in [3.63, 3.8) is 0 Å². The second-order valence-corrected chi connectivity index (χ2v) is 9.03. The smallest absolute Gasteiger partial charge is 0.263 e. The van der Waals surface area contributed by atoms with Gasteiger partial charge in [0.05, 0.1) is 31.2 Å². The summed E-state index contributed by atoms with van der Waals surface area (Å²) >= 11 is 0. The van der Waals surface area contributed by atoms with E-state index in [2.05, 4.69) is 45.3 Å². The molecule has 0 spiro atoms. The Morgan fingerprint density at radius 1 is 1.18 bits per heavy atom. The van der Waals surface area contributed by atoms with Crippen LogP contribution < -0.4 is 9.83 Å². The zero-order chi connectivity index (χ0) is 22.8. The summed E-state index contributed by atoms with van der Waals surface area (Å²) in [6.45, 7) is 6.35. The van der Waals surface area contributed by atoms with Gasteiger partial charge in [-0.3, -0.25) is 9.36 Å². The summed E-state index contributed by atoms with van der Waals surface area (Å²) in [4.78, 5) is 5.01. The molecule has 5 rings (SSSR count). The number of nitrogens with zero attached hydrogens (tertiary/aromatic N) is 6. The van der Waals surface area contributed by atoms with E-state index in [1.807, 2.05) is 46.2 Å². The molecule has 1 saturated carbocycles. The minimum atomic E-state index is 0.303. The molecular weight excluding hydrogens is 416 g/mol. The molecule has 0 radical (unpaired) electrons. The van der Waals surface area contributed by atoms with Crippen LogP contribution in [0.4, 0.5) is 0 Å². The molecule has 0 aromatic carbocycles. The van der Waals surface area contributed by atoms with Gasteiger partial charge in [0, 0.05) is 48.8 Å². The van der Waals surface area contributed by atoms with Gasteiger partial charge in [0.25, 0.3) is 5.52 Å². The van der Waals surface area contributed by atoms with Crippen molar-refractivity contribution in [1.29, 1.82) is 0 Å². The fourth-order valence-corrected chi connectivity index (χ4v) is 4.70. The molecule has 1 aliphatic carbocycles. The molecule has 0 aliphatic heterocycles. The number of aromatic nitrogens is 7. The van der Waals surface area contributed by atoms with Crippen LogP contribution in [0.5, 0.6) is 0 Å². The van der Waals surface area contributed by atoms with Crippen molar-refractivity contribution in [2.75, 3.05) is 13.2 Å². The molecule has 1 fully saturated rings. The van der Waals surface area contributed by atoms with Crippen LogP contribution in [0.3, 0.4) is 0 Å². The summed E-state index contributed by atoms with van der Waals surface area (Å²) in [6.07, 6.45) is 16.1. The predicted molar refractivity (Wildman–Crippen MR) is 125 cm³/mol. The first-order valence-electron chi connectivity index (χ1n) is 12.0. The number of rotatable bonds is 10. The fraction of sp³-hybridized carbons (Fsp3) is 0.500. The molecule has 9 heteroatoms. The molecule has 3 N–H and O–H groups in total. The zero-order valence-corrected chi connectivity index (χ0v) is 19.4. The van der Waals surface area contributed by atoms with E-state index in [1.165, 1.54) is 0 Å². The Hall–Kier alpha value is -3.04. The monoisotopic (exact) mass is 449 g/mol. The predicted octanol–water partition coefficient (Wildman–Crippen LogP) is 2.60. The quantitative estimate of drug-likeness (QED) is 0.323. The highest BCUT2D eigenvalue weighted by Gasteiger charge is 2.27. The number of nitrogens with one attached hydrogen (secondary N) is 2. The molecule has 9 nitrogen and oxygen atoms in total. The Morgan fingerprint density at radius 2 is 2.00 bits per heavy atom. The minimum absolute atomic E-state index is 0.303. The van der Waals surface area contributed by atoms with E-state index in [4.69, 9.17) is 10.1 Å². The first kappa shape index (κ1) is 21.8. The summed E-state index contributed by atoms with van der Waals surface area (Å²) in [5, 5.41) is 25.1. The molecule has 0 bridgehead atoms. The van der Waals surface area contributed by atoms with Crippen molar-refractivity contribution in [1.82, 2.24) is 35.0 Å². The van der Waals surface area contributed by atoms with E-state index in [0.717, 1.165) is 66.8 Å². The van der Waals surface area contributed by atoms with E-state index >= 15 is 0 Å². The molecule has 4 aromatic rings. The average Bonchev–Trinajstić information content (AvgIpc) is 3.56. The third-order valence-corrected chi connectivity index (χ3v) is 6.83. The normalized spacial score (nSPS) is 18.3. The van der Waals surface area contributed by atoms with Crippen molar-refractivity contribution in [2.45, 2.75) is 58.2 Å². The second kappa shape index (κ2) is 9.44. The van der Waals surface area contributed by atoms with Gasteiger partial charge in [-0.1, -0.05) is 18.4 Å². The van der Waals surface area contributed by atoms with Crippen LogP contribution in [0.2, 0.25) is 0 Å². The van der Waals surface area contributed by atoms with E-state index in [-0.39, 0.29) is 0 Å². The molecule has 0 amide bonds. The number of hydrogen-bond acceptors (Lipinski definition) is 5. The van der Waals surface area contributed by atoms with Crippen molar-refractivity contribution >= 4 is 5.52 Å². The van der Waals surface area contributed by atoms with Crippen LogP contribution in [0.1, 0.15) is 45.6 Å². The molecule has 0 saturated heterocycles. The molecule has 0 unspecified atom stereocenters. The number of aliphatic hydroxyl groups excluding tert-OH is 1. The zero-order valence-electron chi connectivity index (χ0n) is 19.4. The number of fused-ring (bicyclic) bond motifs is 1. The van der Waals surface area contributed by atoms with Gasteiger partial charge in [-0.25, -0.2) is 4.98 Å². The van der Waals surface area contributed by atoms with E-state index in [9.17, 15) is 0 Å². The molecule has 174 valence electrons. The first-order chi connectivity index (χ1) is 16.2. The van der Waals surface area contributed by atoms with Gasteiger partial charge in [0.2, 0.25) is 6.20 Å². The largest absolute Gasteiger partial charge is 0.396 e. The molecule has 4 heterocycles. The van der Waals surface area contributed by atoms with Crippen LogP contribution in [0.25, 0.3) is 28.0 Å². The third-order valence-electron chi connectivity index (χ3n) is 6.83. The maximum Gasteiger partial charge on any atom is 0.263 e. The summed E-state index contributed by atoms with van der Waals surface area (Å²) in [5.41, 5.74) is 4.78. The highest BCUT2D eigenvalue weighted by molar-refractivity contribution is 5.74. The van der Waals surface area contributed by atoms with Gasteiger partial charge in [-0.15, -0.1) is 0 Å². The van der Waals surface area contributed by atoms with Gasteiger partial charge in [0.1, 0.15) is 11.4 Å². The highest BCUT2D eigenvalue weighted by atomic mass is 16.3. The highest BCUT2D eigenvalue weighted by Crippen LogP contribution is 2.27. The number of H-pyrrole nitrogens is 1. The Bertz CT molecular complexity index is 1200. The first-order valence-corrected chi connectivity index (χ1v) is 12.0. The summed E-state index contributed by atoms with van der Waals surface area (Å²) < 4.78 is 6.02. The maximum absolute atomic E-state index is 9.15.